The van der Waals surface area contributed by atoms with Crippen LogP contribution in [0.1, 0.15) is 33.2 Å². The van der Waals surface area contributed by atoms with Gasteiger partial charge in [0.2, 0.25) is 0 Å². The summed E-state index contributed by atoms with van der Waals surface area (Å²) >= 11 is 5.74. The smallest absolute Gasteiger partial charge is 0.161 e. The number of ketones is 1. The van der Waals surface area contributed by atoms with Crippen molar-refractivity contribution in [3.05, 3.63) is 33.8 Å². The lowest BCUT2D eigenvalue weighted by Gasteiger charge is -2.02. The number of hydrogen-bond donors (Lipinski definition) is 0. The summed E-state index contributed by atoms with van der Waals surface area (Å²) in [6.45, 7) is 1.35. The van der Waals surface area contributed by atoms with Gasteiger partial charge in [0.25, 0.3) is 0 Å². The van der Waals surface area contributed by atoms with E-state index in [9.17, 15) is 9.59 Å². The van der Waals surface area contributed by atoms with Crippen molar-refractivity contribution < 1.29 is 9.59 Å². The number of nitriles is 1. The molecule has 3 nitrogen and oxygen atoms in total. The number of hydrogen-bond acceptors (Lipinski definition) is 3. The first kappa shape index (κ1) is 10.4. The van der Waals surface area contributed by atoms with Crippen LogP contribution in [0.3, 0.4) is 0 Å². The Balaban J connectivity index is 3.47. The summed E-state index contributed by atoms with van der Waals surface area (Å²) in [5.41, 5.74) is 0.617. The Hall–Kier alpha value is -1.66. The van der Waals surface area contributed by atoms with Gasteiger partial charge in [-0.15, -0.1) is 0 Å². The van der Waals surface area contributed by atoms with Gasteiger partial charge in [-0.2, -0.15) is 5.26 Å². The van der Waals surface area contributed by atoms with E-state index in [1.807, 2.05) is 6.07 Å². The number of carbonyl (C=O) groups excluding carboxylic acids is 2. The molecule has 70 valence electrons. The summed E-state index contributed by atoms with van der Waals surface area (Å²) in [6.07, 6.45) is 0.536. The maximum Gasteiger partial charge on any atom is 0.161 e. The number of rotatable bonds is 2. The van der Waals surface area contributed by atoms with Gasteiger partial charge in [0, 0.05) is 11.1 Å². The van der Waals surface area contributed by atoms with E-state index in [-0.39, 0.29) is 27.5 Å². The quantitative estimate of drug-likeness (QED) is 0.552. The van der Waals surface area contributed by atoms with E-state index in [1.54, 1.807) is 0 Å². The van der Waals surface area contributed by atoms with Crippen LogP contribution >= 0.6 is 11.6 Å². The fraction of sp³-hybridized carbons (Fsp3) is 0.100. The summed E-state index contributed by atoms with van der Waals surface area (Å²) in [7, 11) is 0. The maximum absolute atomic E-state index is 11.1. The molecule has 0 aliphatic rings. The molecular weight excluding hydrogens is 202 g/mol. The average molecular weight is 208 g/mol. The molecule has 14 heavy (non-hydrogen) atoms. The fourth-order valence-electron chi connectivity index (χ4n) is 1.05. The molecule has 0 radical (unpaired) electrons. The van der Waals surface area contributed by atoms with Gasteiger partial charge in [-0.3, -0.25) is 9.59 Å². The lowest BCUT2D eigenvalue weighted by molar-refractivity contribution is 0.101. The molecule has 0 aliphatic carbocycles. The van der Waals surface area contributed by atoms with E-state index in [0.717, 1.165) is 0 Å². The number of aldehydes is 1. The zero-order valence-corrected chi connectivity index (χ0v) is 8.13. The molecule has 0 N–H and O–H groups in total. The van der Waals surface area contributed by atoms with Gasteiger partial charge in [0.05, 0.1) is 16.7 Å². The molecule has 0 aromatic heterocycles. The summed E-state index contributed by atoms with van der Waals surface area (Å²) < 4.78 is 0. The molecule has 1 aromatic carbocycles. The van der Waals surface area contributed by atoms with Crippen molar-refractivity contribution in [2.45, 2.75) is 6.92 Å². The van der Waals surface area contributed by atoms with Crippen molar-refractivity contribution in [2.24, 2.45) is 0 Å². The normalized spacial score (nSPS) is 9.21. The molecular formula is C10H6ClNO2. The third-order valence-corrected chi connectivity index (χ3v) is 2.08. The predicted octanol–water partition coefficient (Wildman–Crippen LogP) is 2.23. The topological polar surface area (TPSA) is 57.9 Å². The average Bonchev–Trinajstić information content (AvgIpc) is 2.16. The second-order valence-electron chi connectivity index (χ2n) is 2.71. The zero-order chi connectivity index (χ0) is 10.7. The van der Waals surface area contributed by atoms with E-state index in [2.05, 4.69) is 0 Å². The highest BCUT2D eigenvalue weighted by Crippen LogP contribution is 2.20. The number of carbonyl (C=O) groups is 2. The van der Waals surface area contributed by atoms with Crippen molar-refractivity contribution in [2.75, 3.05) is 0 Å². The van der Waals surface area contributed by atoms with Crippen LogP contribution in [-0.2, 0) is 0 Å². The number of Topliss-reactive ketones (excluding diaryl/α,β-unsaturated/α-hetero) is 1. The van der Waals surface area contributed by atoms with E-state index in [0.29, 0.717) is 6.29 Å². The van der Waals surface area contributed by atoms with Crippen LogP contribution in [0.4, 0.5) is 0 Å². The minimum absolute atomic E-state index is 0.162. The lowest BCUT2D eigenvalue weighted by Crippen LogP contribution is -1.97. The second kappa shape index (κ2) is 4.03. The van der Waals surface area contributed by atoms with Gasteiger partial charge >= 0.3 is 0 Å². The Morgan fingerprint density at radius 3 is 2.64 bits per heavy atom. The molecule has 0 saturated heterocycles. The minimum atomic E-state index is -0.232. The van der Waals surface area contributed by atoms with E-state index in [4.69, 9.17) is 16.9 Å². The molecule has 0 spiro atoms. The minimum Gasteiger partial charge on any atom is -0.298 e. The van der Waals surface area contributed by atoms with Crippen molar-refractivity contribution >= 4 is 23.7 Å². The molecule has 0 fully saturated rings. The van der Waals surface area contributed by atoms with E-state index < -0.39 is 0 Å². The van der Waals surface area contributed by atoms with Crippen molar-refractivity contribution in [3.8, 4) is 6.07 Å². The molecule has 0 atom stereocenters. The lowest BCUT2D eigenvalue weighted by atomic mass is 10.0. The number of benzene rings is 1. The zero-order valence-electron chi connectivity index (χ0n) is 7.37. The molecule has 0 saturated carbocycles. The molecule has 0 unspecified atom stereocenters. The Morgan fingerprint density at radius 2 is 2.21 bits per heavy atom. The fourth-order valence-corrected chi connectivity index (χ4v) is 1.36. The van der Waals surface area contributed by atoms with Gasteiger partial charge in [0.15, 0.2) is 12.1 Å². The highest BCUT2D eigenvalue weighted by atomic mass is 35.5. The van der Waals surface area contributed by atoms with Crippen LogP contribution in [0.15, 0.2) is 12.1 Å². The number of nitrogens with zero attached hydrogens (tertiary/aromatic N) is 1. The molecule has 0 bridgehead atoms. The summed E-state index contributed by atoms with van der Waals surface area (Å²) in [4.78, 5) is 21.6. The molecule has 4 heteroatoms. The first-order valence-corrected chi connectivity index (χ1v) is 4.17. The van der Waals surface area contributed by atoms with Crippen LogP contribution in [0.5, 0.6) is 0 Å². The van der Waals surface area contributed by atoms with Crippen LogP contribution < -0.4 is 0 Å². The number of halogens is 1. The largest absolute Gasteiger partial charge is 0.298 e. The van der Waals surface area contributed by atoms with Gasteiger partial charge in [0.1, 0.15) is 0 Å². The Bertz CT molecular complexity index is 446. The van der Waals surface area contributed by atoms with Crippen molar-refractivity contribution in [3.63, 3.8) is 0 Å². The third kappa shape index (κ3) is 1.81. The highest BCUT2D eigenvalue weighted by Gasteiger charge is 2.10. The summed E-state index contributed by atoms with van der Waals surface area (Å²) in [5.74, 6) is -0.232. The molecule has 1 rings (SSSR count). The standard InChI is InChI=1S/C10H6ClNO2/c1-6(14)9-2-7(4-12)8(5-13)3-10(9)11/h2-3,5H,1H3. The van der Waals surface area contributed by atoms with Crippen LogP contribution in [0.25, 0.3) is 0 Å². The second-order valence-corrected chi connectivity index (χ2v) is 3.11. The molecule has 0 amide bonds. The van der Waals surface area contributed by atoms with E-state index >= 15 is 0 Å². The molecule has 0 heterocycles. The van der Waals surface area contributed by atoms with Crippen molar-refractivity contribution in [1.82, 2.24) is 0 Å². The summed E-state index contributed by atoms with van der Waals surface area (Å²) in [5, 5.41) is 8.88. The Morgan fingerprint density at radius 1 is 1.57 bits per heavy atom. The monoisotopic (exact) mass is 207 g/mol. The summed E-state index contributed by atoms with van der Waals surface area (Å²) in [6, 6.07) is 4.48. The predicted molar refractivity (Wildman–Crippen MR) is 51.6 cm³/mol. The Labute approximate surface area is 85.9 Å². The van der Waals surface area contributed by atoms with Crippen molar-refractivity contribution in [1.29, 1.82) is 5.26 Å². The van der Waals surface area contributed by atoms with Crippen LogP contribution in [0.2, 0.25) is 5.02 Å². The van der Waals surface area contributed by atoms with Gasteiger partial charge < -0.3 is 0 Å². The first-order valence-electron chi connectivity index (χ1n) is 3.80. The van der Waals surface area contributed by atoms with Crippen LogP contribution in [-0.4, -0.2) is 12.1 Å². The maximum atomic E-state index is 11.1. The van der Waals surface area contributed by atoms with Gasteiger partial charge in [-0.05, 0) is 19.1 Å². The highest BCUT2D eigenvalue weighted by molar-refractivity contribution is 6.34. The SMILES string of the molecule is CC(=O)c1cc(C#N)c(C=O)cc1Cl. The van der Waals surface area contributed by atoms with Crippen LogP contribution in [0, 0.1) is 11.3 Å². The van der Waals surface area contributed by atoms with Gasteiger partial charge in [-0.25, -0.2) is 0 Å². The first-order chi connectivity index (χ1) is 6.60. The molecule has 0 aliphatic heterocycles. The third-order valence-electron chi connectivity index (χ3n) is 1.77. The molecule has 1 aromatic rings. The Kier molecular flexibility index (Phi) is 3.00. The van der Waals surface area contributed by atoms with Gasteiger partial charge in [-0.1, -0.05) is 11.6 Å². The van der Waals surface area contributed by atoms with E-state index in [1.165, 1.54) is 19.1 Å².